The Morgan fingerprint density at radius 3 is 2.50 bits per heavy atom. The molecule has 2 nitrogen and oxygen atoms in total. The molecule has 0 amide bonds. The molecule has 0 aliphatic heterocycles. The van der Waals surface area contributed by atoms with Crippen molar-refractivity contribution in [1.82, 2.24) is 0 Å². The van der Waals surface area contributed by atoms with Gasteiger partial charge in [0.25, 0.3) is 0 Å². The van der Waals surface area contributed by atoms with Crippen LogP contribution in [-0.4, -0.2) is 18.5 Å². The molecule has 0 heterocycles. The molecule has 0 atom stereocenters. The first-order valence-electron chi connectivity index (χ1n) is 5.63. The predicted octanol–water partition coefficient (Wildman–Crippen LogP) is 3.23. The van der Waals surface area contributed by atoms with E-state index in [0.717, 1.165) is 6.07 Å². The van der Waals surface area contributed by atoms with Crippen LogP contribution in [0.1, 0.15) is 24.5 Å². The van der Waals surface area contributed by atoms with Crippen LogP contribution in [-0.2, 0) is 4.79 Å². The lowest BCUT2D eigenvalue weighted by atomic mass is 10.1. The molecule has 0 aliphatic carbocycles. The molecule has 0 aromatic heterocycles. The second-order valence-corrected chi connectivity index (χ2v) is 3.85. The number of nitrogens with zero attached hydrogens (tertiary/aromatic N) is 1. The number of aliphatic imine (C=N–C) groups is 1. The Kier molecular flexibility index (Phi) is 4.89. The Labute approximate surface area is 105 Å². The Balaban J connectivity index is 3.12. The molecule has 0 radical (unpaired) electrons. The van der Waals surface area contributed by atoms with Gasteiger partial charge in [0.15, 0.2) is 17.4 Å². The molecule has 0 aliphatic rings. The smallest absolute Gasteiger partial charge is 0.161 e. The molecular weight excluding hydrogens is 236 g/mol. The number of ketones is 1. The third-order valence-corrected chi connectivity index (χ3v) is 2.52. The Morgan fingerprint density at radius 2 is 2.00 bits per heavy atom. The zero-order valence-corrected chi connectivity index (χ0v) is 10.6. The summed E-state index contributed by atoms with van der Waals surface area (Å²) in [4.78, 5) is 15.1. The van der Waals surface area contributed by atoms with Gasteiger partial charge in [0, 0.05) is 19.0 Å². The van der Waals surface area contributed by atoms with Gasteiger partial charge in [0.2, 0.25) is 0 Å². The van der Waals surface area contributed by atoms with Crippen molar-refractivity contribution >= 4 is 11.5 Å². The average Bonchev–Trinajstić information content (AvgIpc) is 2.36. The van der Waals surface area contributed by atoms with E-state index in [-0.39, 0.29) is 11.3 Å². The van der Waals surface area contributed by atoms with Crippen LogP contribution >= 0.6 is 0 Å². The molecule has 0 saturated heterocycles. The first kappa shape index (κ1) is 14.2. The number of carbonyl (C=O) groups is 1. The molecule has 96 valence electrons. The van der Waals surface area contributed by atoms with E-state index >= 15 is 0 Å². The standard InChI is InChI=1S/C14H15F2NO/c1-4-11(18)5-6-13(17-3)10-7-9(2)14(16)12(15)8-10/h5-8H,4H2,1-3H3/b6-5-,17-13?. The van der Waals surface area contributed by atoms with Crippen LogP contribution in [0.4, 0.5) is 8.78 Å². The summed E-state index contributed by atoms with van der Waals surface area (Å²) in [6, 6.07) is 2.58. The molecular formula is C14H15F2NO. The first-order chi connectivity index (χ1) is 8.49. The van der Waals surface area contributed by atoms with Crippen molar-refractivity contribution < 1.29 is 13.6 Å². The number of carbonyl (C=O) groups excluding carboxylic acids is 1. The fourth-order valence-electron chi connectivity index (χ4n) is 1.46. The van der Waals surface area contributed by atoms with E-state index in [2.05, 4.69) is 4.99 Å². The van der Waals surface area contributed by atoms with Gasteiger partial charge < -0.3 is 0 Å². The van der Waals surface area contributed by atoms with Gasteiger partial charge in [0.1, 0.15) is 0 Å². The quantitative estimate of drug-likeness (QED) is 0.596. The zero-order chi connectivity index (χ0) is 13.7. The molecule has 0 fully saturated rings. The van der Waals surface area contributed by atoms with Gasteiger partial charge in [-0.3, -0.25) is 9.79 Å². The van der Waals surface area contributed by atoms with Crippen molar-refractivity contribution in [3.05, 3.63) is 47.0 Å². The summed E-state index contributed by atoms with van der Waals surface area (Å²) in [6.45, 7) is 3.23. The highest BCUT2D eigenvalue weighted by atomic mass is 19.2. The summed E-state index contributed by atoms with van der Waals surface area (Å²) >= 11 is 0. The average molecular weight is 251 g/mol. The van der Waals surface area contributed by atoms with Crippen molar-refractivity contribution in [3.8, 4) is 0 Å². The van der Waals surface area contributed by atoms with Crippen LogP contribution < -0.4 is 0 Å². The molecule has 1 aromatic carbocycles. The number of hydrogen-bond acceptors (Lipinski definition) is 2. The van der Waals surface area contributed by atoms with E-state index in [1.807, 2.05) is 0 Å². The Bertz CT molecular complexity index is 496. The summed E-state index contributed by atoms with van der Waals surface area (Å²) in [5.74, 6) is -1.82. The molecule has 0 bridgehead atoms. The fraction of sp³-hybridized carbons (Fsp3) is 0.286. The molecule has 0 N–H and O–H groups in total. The van der Waals surface area contributed by atoms with Crippen molar-refractivity contribution in [3.63, 3.8) is 0 Å². The van der Waals surface area contributed by atoms with E-state index in [1.165, 1.54) is 32.2 Å². The van der Waals surface area contributed by atoms with E-state index < -0.39 is 11.6 Å². The molecule has 0 unspecified atom stereocenters. The van der Waals surface area contributed by atoms with Crippen LogP contribution in [0.5, 0.6) is 0 Å². The lowest BCUT2D eigenvalue weighted by Crippen LogP contribution is -2.02. The summed E-state index contributed by atoms with van der Waals surface area (Å²) in [7, 11) is 1.53. The monoisotopic (exact) mass is 251 g/mol. The van der Waals surface area contributed by atoms with Crippen LogP contribution in [0.15, 0.2) is 29.3 Å². The number of aryl methyl sites for hydroxylation is 1. The van der Waals surface area contributed by atoms with E-state index in [4.69, 9.17) is 0 Å². The number of allylic oxidation sites excluding steroid dienone is 2. The maximum absolute atomic E-state index is 13.3. The molecule has 1 rings (SSSR count). The minimum atomic E-state index is -0.915. The molecule has 1 aromatic rings. The summed E-state index contributed by atoms with van der Waals surface area (Å²) < 4.78 is 26.4. The third kappa shape index (κ3) is 3.32. The minimum absolute atomic E-state index is 0.0459. The van der Waals surface area contributed by atoms with Gasteiger partial charge in [-0.2, -0.15) is 0 Å². The van der Waals surface area contributed by atoms with Crippen molar-refractivity contribution in [2.45, 2.75) is 20.3 Å². The van der Waals surface area contributed by atoms with Gasteiger partial charge in [-0.25, -0.2) is 8.78 Å². The predicted molar refractivity (Wildman–Crippen MR) is 68.0 cm³/mol. The second-order valence-electron chi connectivity index (χ2n) is 3.85. The van der Waals surface area contributed by atoms with Gasteiger partial charge in [-0.05, 0) is 36.8 Å². The highest BCUT2D eigenvalue weighted by Gasteiger charge is 2.09. The molecule has 4 heteroatoms. The third-order valence-electron chi connectivity index (χ3n) is 2.52. The number of hydrogen-bond donors (Lipinski definition) is 0. The van der Waals surface area contributed by atoms with Gasteiger partial charge in [0.05, 0.1) is 5.71 Å². The second kappa shape index (κ2) is 6.19. The molecule has 18 heavy (non-hydrogen) atoms. The van der Waals surface area contributed by atoms with Crippen LogP contribution in [0.3, 0.4) is 0 Å². The zero-order valence-electron chi connectivity index (χ0n) is 10.6. The topological polar surface area (TPSA) is 29.4 Å². The maximum Gasteiger partial charge on any atom is 0.161 e. The lowest BCUT2D eigenvalue weighted by molar-refractivity contribution is -0.114. The number of halogens is 2. The highest BCUT2D eigenvalue weighted by molar-refractivity contribution is 6.11. The maximum atomic E-state index is 13.3. The lowest BCUT2D eigenvalue weighted by Gasteiger charge is -2.04. The van der Waals surface area contributed by atoms with E-state index in [9.17, 15) is 13.6 Å². The van der Waals surface area contributed by atoms with Crippen LogP contribution in [0, 0.1) is 18.6 Å². The van der Waals surface area contributed by atoms with E-state index in [0.29, 0.717) is 17.7 Å². The summed E-state index contributed by atoms with van der Waals surface area (Å²) in [5.41, 5.74) is 1.11. The number of benzene rings is 1. The minimum Gasteiger partial charge on any atom is -0.295 e. The largest absolute Gasteiger partial charge is 0.295 e. The van der Waals surface area contributed by atoms with Crippen molar-refractivity contribution in [2.75, 3.05) is 7.05 Å². The van der Waals surface area contributed by atoms with Gasteiger partial charge >= 0.3 is 0 Å². The summed E-state index contributed by atoms with van der Waals surface area (Å²) in [6.07, 6.45) is 3.29. The van der Waals surface area contributed by atoms with Crippen LogP contribution in [0.2, 0.25) is 0 Å². The van der Waals surface area contributed by atoms with E-state index in [1.54, 1.807) is 6.92 Å². The first-order valence-corrected chi connectivity index (χ1v) is 5.63. The molecule has 0 saturated carbocycles. The Hall–Kier alpha value is -1.84. The number of rotatable bonds is 4. The van der Waals surface area contributed by atoms with Crippen LogP contribution in [0.25, 0.3) is 0 Å². The summed E-state index contributed by atoms with van der Waals surface area (Å²) in [5, 5.41) is 0. The van der Waals surface area contributed by atoms with Gasteiger partial charge in [-0.15, -0.1) is 0 Å². The highest BCUT2D eigenvalue weighted by Crippen LogP contribution is 2.15. The van der Waals surface area contributed by atoms with Crippen molar-refractivity contribution in [1.29, 1.82) is 0 Å². The van der Waals surface area contributed by atoms with Gasteiger partial charge in [-0.1, -0.05) is 6.92 Å². The Morgan fingerprint density at radius 1 is 1.33 bits per heavy atom. The SMILES string of the molecule is CCC(=O)/C=C\C(=NC)c1cc(C)c(F)c(F)c1. The van der Waals surface area contributed by atoms with Crippen molar-refractivity contribution in [2.24, 2.45) is 4.99 Å². The molecule has 0 spiro atoms. The fourth-order valence-corrected chi connectivity index (χ4v) is 1.46. The normalized spacial score (nSPS) is 12.2.